The summed E-state index contributed by atoms with van der Waals surface area (Å²) < 4.78 is 5.32. The lowest BCUT2D eigenvalue weighted by atomic mass is 9.87. The second kappa shape index (κ2) is 6.48. The average molecular weight is 265 g/mol. The number of aryl methyl sites for hydroxylation is 1. The Morgan fingerprint density at radius 2 is 2.28 bits per heavy atom. The van der Waals surface area contributed by atoms with Gasteiger partial charge in [-0.1, -0.05) is 13.0 Å². The van der Waals surface area contributed by atoms with Gasteiger partial charge in [0, 0.05) is 11.3 Å². The van der Waals surface area contributed by atoms with Gasteiger partial charge in [-0.25, -0.2) is 0 Å². The Morgan fingerprint density at radius 1 is 1.44 bits per heavy atom. The average Bonchev–Trinajstić information content (AvgIpc) is 2.43. The summed E-state index contributed by atoms with van der Waals surface area (Å²) in [6.07, 6.45) is 5.83. The third-order valence-corrected chi connectivity index (χ3v) is 4.79. The molecule has 1 aliphatic rings. The van der Waals surface area contributed by atoms with Gasteiger partial charge in [-0.15, -0.1) is 0 Å². The Kier molecular flexibility index (Phi) is 4.95. The molecular formula is C15H23NOS. The summed E-state index contributed by atoms with van der Waals surface area (Å²) in [5, 5.41) is 4.40. The molecule has 1 aliphatic carbocycles. The van der Waals surface area contributed by atoms with E-state index in [0.717, 1.165) is 12.3 Å². The number of rotatable bonds is 5. The first-order chi connectivity index (χ1) is 8.80. The molecule has 0 amide bonds. The summed E-state index contributed by atoms with van der Waals surface area (Å²) in [7, 11) is 1.74. The van der Waals surface area contributed by atoms with Crippen LogP contribution in [0.3, 0.4) is 0 Å². The standard InChI is InChI=1S/C15H23NOS/c1-4-9-16-15-13-7-6-12(17-2)10-11(13)5-8-14(15)18-3/h6-7,10,14-16H,4-5,8-9H2,1-3H3. The maximum atomic E-state index is 5.32. The number of hydrogen-bond donors (Lipinski definition) is 1. The number of methoxy groups -OCH3 is 1. The molecule has 1 aromatic carbocycles. The second-order valence-electron chi connectivity index (χ2n) is 4.81. The van der Waals surface area contributed by atoms with Crippen LogP contribution in [-0.4, -0.2) is 25.2 Å². The van der Waals surface area contributed by atoms with Crippen molar-refractivity contribution in [3.8, 4) is 5.75 Å². The summed E-state index contributed by atoms with van der Waals surface area (Å²) in [4.78, 5) is 0. The van der Waals surface area contributed by atoms with Crippen LogP contribution in [0.1, 0.15) is 36.9 Å². The van der Waals surface area contributed by atoms with Crippen LogP contribution < -0.4 is 10.1 Å². The topological polar surface area (TPSA) is 21.3 Å². The minimum absolute atomic E-state index is 0.495. The largest absolute Gasteiger partial charge is 0.497 e. The number of benzene rings is 1. The molecule has 3 heteroatoms. The predicted octanol–water partition coefficient (Wildman–Crippen LogP) is 3.41. The maximum absolute atomic E-state index is 5.32. The normalized spacial score (nSPS) is 22.6. The van der Waals surface area contributed by atoms with Crippen molar-refractivity contribution in [3.63, 3.8) is 0 Å². The lowest BCUT2D eigenvalue weighted by molar-refractivity contribution is 0.411. The Balaban J connectivity index is 2.26. The molecule has 0 aliphatic heterocycles. The molecule has 1 N–H and O–H groups in total. The van der Waals surface area contributed by atoms with Crippen LogP contribution in [0.5, 0.6) is 5.75 Å². The molecule has 100 valence electrons. The Bertz CT molecular complexity index is 394. The van der Waals surface area contributed by atoms with E-state index in [-0.39, 0.29) is 0 Å². The fourth-order valence-corrected chi connectivity index (χ4v) is 3.56. The van der Waals surface area contributed by atoms with Gasteiger partial charge in [-0.3, -0.25) is 0 Å². The fourth-order valence-electron chi connectivity index (χ4n) is 2.69. The van der Waals surface area contributed by atoms with Gasteiger partial charge in [0.1, 0.15) is 5.75 Å². The highest BCUT2D eigenvalue weighted by Gasteiger charge is 2.28. The van der Waals surface area contributed by atoms with E-state index < -0.39 is 0 Å². The van der Waals surface area contributed by atoms with E-state index in [1.165, 1.54) is 30.4 Å². The van der Waals surface area contributed by atoms with Gasteiger partial charge in [0.2, 0.25) is 0 Å². The molecule has 0 saturated heterocycles. The van der Waals surface area contributed by atoms with E-state index in [9.17, 15) is 0 Å². The van der Waals surface area contributed by atoms with Crippen LogP contribution in [0.15, 0.2) is 18.2 Å². The van der Waals surface area contributed by atoms with Crippen molar-refractivity contribution >= 4 is 11.8 Å². The zero-order chi connectivity index (χ0) is 13.0. The van der Waals surface area contributed by atoms with Gasteiger partial charge in [-0.2, -0.15) is 11.8 Å². The Hall–Kier alpha value is -0.670. The van der Waals surface area contributed by atoms with Gasteiger partial charge in [-0.05, 0) is 55.3 Å². The summed E-state index contributed by atoms with van der Waals surface area (Å²) in [6.45, 7) is 3.31. The highest BCUT2D eigenvalue weighted by Crippen LogP contribution is 2.37. The number of hydrogen-bond acceptors (Lipinski definition) is 3. The van der Waals surface area contributed by atoms with E-state index in [4.69, 9.17) is 4.74 Å². The molecule has 18 heavy (non-hydrogen) atoms. The van der Waals surface area contributed by atoms with E-state index in [1.54, 1.807) is 7.11 Å². The van der Waals surface area contributed by atoms with E-state index >= 15 is 0 Å². The molecule has 2 atom stereocenters. The number of fused-ring (bicyclic) bond motifs is 1. The minimum Gasteiger partial charge on any atom is -0.497 e. The molecule has 0 saturated carbocycles. The van der Waals surface area contributed by atoms with Crippen molar-refractivity contribution < 1.29 is 4.74 Å². The van der Waals surface area contributed by atoms with Crippen molar-refractivity contribution in [3.05, 3.63) is 29.3 Å². The molecule has 0 bridgehead atoms. The van der Waals surface area contributed by atoms with Gasteiger partial charge in [0.25, 0.3) is 0 Å². The molecule has 0 heterocycles. The van der Waals surface area contributed by atoms with Gasteiger partial charge >= 0.3 is 0 Å². The van der Waals surface area contributed by atoms with Crippen molar-refractivity contribution in [2.24, 2.45) is 0 Å². The molecule has 0 spiro atoms. The van der Waals surface area contributed by atoms with Crippen LogP contribution >= 0.6 is 11.8 Å². The van der Waals surface area contributed by atoms with Crippen molar-refractivity contribution in [1.82, 2.24) is 5.32 Å². The van der Waals surface area contributed by atoms with Crippen molar-refractivity contribution in [2.75, 3.05) is 19.9 Å². The summed E-state index contributed by atoms with van der Waals surface area (Å²) in [5.74, 6) is 0.977. The molecule has 2 nitrogen and oxygen atoms in total. The molecular weight excluding hydrogens is 242 g/mol. The zero-order valence-corrected chi connectivity index (χ0v) is 12.3. The number of thioether (sulfide) groups is 1. The lowest BCUT2D eigenvalue weighted by Gasteiger charge is -2.33. The first-order valence-corrected chi connectivity index (χ1v) is 8.02. The lowest BCUT2D eigenvalue weighted by Crippen LogP contribution is -2.34. The van der Waals surface area contributed by atoms with E-state index in [1.807, 2.05) is 11.8 Å². The first kappa shape index (κ1) is 13.8. The van der Waals surface area contributed by atoms with Gasteiger partial charge < -0.3 is 10.1 Å². The van der Waals surface area contributed by atoms with Crippen molar-refractivity contribution in [1.29, 1.82) is 0 Å². The summed E-state index contributed by atoms with van der Waals surface area (Å²) >= 11 is 1.98. The van der Waals surface area contributed by atoms with Gasteiger partial charge in [0.15, 0.2) is 0 Å². The predicted molar refractivity (Wildman–Crippen MR) is 79.7 cm³/mol. The molecule has 0 aromatic heterocycles. The van der Waals surface area contributed by atoms with Crippen LogP contribution in [0.25, 0.3) is 0 Å². The quantitative estimate of drug-likeness (QED) is 0.881. The Morgan fingerprint density at radius 3 is 2.94 bits per heavy atom. The third kappa shape index (κ3) is 2.83. The van der Waals surface area contributed by atoms with Crippen LogP contribution in [0.2, 0.25) is 0 Å². The zero-order valence-electron chi connectivity index (χ0n) is 11.5. The van der Waals surface area contributed by atoms with E-state index in [0.29, 0.717) is 11.3 Å². The van der Waals surface area contributed by atoms with Crippen molar-refractivity contribution in [2.45, 2.75) is 37.5 Å². The number of nitrogens with one attached hydrogen (secondary N) is 1. The molecule has 0 radical (unpaired) electrons. The maximum Gasteiger partial charge on any atom is 0.119 e. The Labute approximate surface area is 114 Å². The second-order valence-corrected chi connectivity index (χ2v) is 5.89. The molecule has 1 aromatic rings. The monoisotopic (exact) mass is 265 g/mol. The number of ether oxygens (including phenoxy) is 1. The van der Waals surface area contributed by atoms with Crippen LogP contribution in [-0.2, 0) is 6.42 Å². The molecule has 0 fully saturated rings. The van der Waals surface area contributed by atoms with Crippen LogP contribution in [0, 0.1) is 0 Å². The first-order valence-electron chi connectivity index (χ1n) is 6.73. The molecule has 2 unspecified atom stereocenters. The third-order valence-electron chi connectivity index (χ3n) is 3.67. The minimum atomic E-state index is 0.495. The van der Waals surface area contributed by atoms with E-state index in [2.05, 4.69) is 36.7 Å². The SMILES string of the molecule is CCCNC1c2ccc(OC)cc2CCC1SC. The fraction of sp³-hybridized carbons (Fsp3) is 0.600. The summed E-state index contributed by atoms with van der Waals surface area (Å²) in [5.41, 5.74) is 2.92. The smallest absolute Gasteiger partial charge is 0.119 e. The molecule has 2 rings (SSSR count). The van der Waals surface area contributed by atoms with Gasteiger partial charge in [0.05, 0.1) is 7.11 Å². The van der Waals surface area contributed by atoms with Crippen LogP contribution in [0.4, 0.5) is 0 Å². The highest BCUT2D eigenvalue weighted by atomic mass is 32.2. The summed E-state index contributed by atoms with van der Waals surface area (Å²) in [6, 6.07) is 7.02. The highest BCUT2D eigenvalue weighted by molar-refractivity contribution is 7.99.